The molecule has 5 aromatic carbocycles. The highest BCUT2D eigenvalue weighted by molar-refractivity contribution is 6.33. The van der Waals surface area contributed by atoms with Gasteiger partial charge in [-0.05, 0) is 123 Å². The van der Waals surface area contributed by atoms with Gasteiger partial charge in [-0.25, -0.2) is 0 Å². The number of aryl methyl sites for hydroxylation is 2. The first-order valence-electron chi connectivity index (χ1n) is 18.8. The Kier molecular flexibility index (Phi) is 17.0. The van der Waals surface area contributed by atoms with Crippen LogP contribution in [0.5, 0.6) is 0 Å². The molecule has 0 aromatic heterocycles. The lowest BCUT2D eigenvalue weighted by molar-refractivity contribution is -0.127. The maximum absolute atomic E-state index is 13.2. The van der Waals surface area contributed by atoms with Crippen LogP contribution in [0.2, 0.25) is 10.0 Å². The van der Waals surface area contributed by atoms with Crippen molar-refractivity contribution in [2.24, 2.45) is 20.5 Å². The number of benzene rings is 5. The zero-order valence-electron chi connectivity index (χ0n) is 33.1. The maximum Gasteiger partial charge on any atom is 0.258 e. The molecule has 14 nitrogen and oxygen atoms in total. The van der Waals surface area contributed by atoms with Crippen LogP contribution < -0.4 is 21.3 Å². The highest BCUT2D eigenvalue weighted by Crippen LogP contribution is 2.29. The van der Waals surface area contributed by atoms with Crippen molar-refractivity contribution >= 4 is 116 Å². The SMILES string of the molecule is CC(=O)C(N=Nc1cc(C(=O)Nc2ccc(CCCl)cc2)ccc1Cl)C(=O)Nc1ccc(NC(=O)C(N=Nc2cc(C(=O)Nc3ccc(CCCl)cc3)ccc2Cl)C(C)=O)cc1. The van der Waals surface area contributed by atoms with Crippen LogP contribution in [-0.2, 0) is 32.0 Å². The topological polar surface area (TPSA) is 200 Å². The van der Waals surface area contributed by atoms with Gasteiger partial charge in [0.2, 0.25) is 12.1 Å². The Balaban J connectivity index is 1.19. The molecule has 0 aliphatic rings. The van der Waals surface area contributed by atoms with E-state index in [2.05, 4.69) is 41.7 Å². The van der Waals surface area contributed by atoms with Crippen LogP contribution in [0.25, 0.3) is 0 Å². The Labute approximate surface area is 376 Å². The summed E-state index contributed by atoms with van der Waals surface area (Å²) in [6.07, 6.45) is 1.39. The molecule has 0 spiro atoms. The van der Waals surface area contributed by atoms with Crippen molar-refractivity contribution < 1.29 is 28.8 Å². The Morgan fingerprint density at radius 1 is 0.484 bits per heavy atom. The third-order valence-corrected chi connectivity index (χ3v) is 9.87. The summed E-state index contributed by atoms with van der Waals surface area (Å²) < 4.78 is 0. The smallest absolute Gasteiger partial charge is 0.258 e. The number of amides is 4. The molecular weight excluding hydrogens is 878 g/mol. The molecule has 4 N–H and O–H groups in total. The monoisotopic (exact) mass is 914 g/mol. The minimum atomic E-state index is -1.57. The molecule has 0 saturated carbocycles. The molecule has 4 amide bonds. The molecule has 18 heteroatoms. The summed E-state index contributed by atoms with van der Waals surface area (Å²) in [6, 6.07) is 25.7. The fourth-order valence-corrected chi connectivity index (χ4v) is 6.28. The third-order valence-electron chi connectivity index (χ3n) is 8.86. The number of hydrogen-bond donors (Lipinski definition) is 4. The number of hydrogen-bond acceptors (Lipinski definition) is 10. The van der Waals surface area contributed by atoms with Crippen molar-refractivity contribution in [3.63, 3.8) is 0 Å². The van der Waals surface area contributed by atoms with Crippen molar-refractivity contribution in [3.05, 3.63) is 141 Å². The van der Waals surface area contributed by atoms with Gasteiger partial charge in [0.15, 0.2) is 11.6 Å². The zero-order chi connectivity index (χ0) is 44.8. The van der Waals surface area contributed by atoms with E-state index in [1.54, 1.807) is 24.3 Å². The van der Waals surface area contributed by atoms with Gasteiger partial charge in [-0.3, -0.25) is 28.8 Å². The second kappa shape index (κ2) is 22.5. The average Bonchev–Trinajstić information content (AvgIpc) is 3.24. The fourth-order valence-electron chi connectivity index (χ4n) is 5.53. The Morgan fingerprint density at radius 2 is 0.806 bits per heavy atom. The third kappa shape index (κ3) is 13.3. The number of alkyl halides is 2. The van der Waals surface area contributed by atoms with Crippen LogP contribution >= 0.6 is 46.4 Å². The van der Waals surface area contributed by atoms with E-state index in [-0.39, 0.29) is 43.9 Å². The van der Waals surface area contributed by atoms with Crippen LogP contribution in [0.3, 0.4) is 0 Å². The van der Waals surface area contributed by atoms with Crippen LogP contribution in [-0.4, -0.2) is 59.0 Å². The highest BCUT2D eigenvalue weighted by atomic mass is 35.5. The van der Waals surface area contributed by atoms with Gasteiger partial charge >= 0.3 is 0 Å². The molecule has 0 aliphatic heterocycles. The van der Waals surface area contributed by atoms with Crippen LogP contribution in [0.15, 0.2) is 130 Å². The second-order valence-corrected chi connectivity index (χ2v) is 15.1. The molecule has 0 heterocycles. The van der Waals surface area contributed by atoms with Crippen molar-refractivity contribution in [2.45, 2.75) is 38.8 Å². The molecule has 0 fully saturated rings. The van der Waals surface area contributed by atoms with Gasteiger partial charge in [0.1, 0.15) is 11.4 Å². The van der Waals surface area contributed by atoms with E-state index < -0.39 is 47.3 Å². The van der Waals surface area contributed by atoms with Crippen molar-refractivity contribution in [1.29, 1.82) is 0 Å². The predicted molar refractivity (Wildman–Crippen MR) is 242 cm³/mol. The normalized spacial score (nSPS) is 12.1. The number of carbonyl (C=O) groups excluding carboxylic acids is 6. The van der Waals surface area contributed by atoms with Gasteiger partial charge in [0.25, 0.3) is 23.6 Å². The summed E-state index contributed by atoms with van der Waals surface area (Å²) in [7, 11) is 0. The van der Waals surface area contributed by atoms with Gasteiger partial charge in [-0.15, -0.1) is 23.2 Å². The molecule has 0 aliphatic carbocycles. The first kappa shape index (κ1) is 46.7. The Hall–Kier alpha value is -6.32. The number of ketones is 2. The highest BCUT2D eigenvalue weighted by Gasteiger charge is 2.25. The number of anilines is 4. The molecular formula is C44H38Cl4N8O6. The zero-order valence-corrected chi connectivity index (χ0v) is 36.1. The lowest BCUT2D eigenvalue weighted by Crippen LogP contribution is -2.32. The van der Waals surface area contributed by atoms with Crippen molar-refractivity contribution in [3.8, 4) is 0 Å². The number of rotatable bonds is 18. The summed E-state index contributed by atoms with van der Waals surface area (Å²) in [6.45, 7) is 2.34. The van der Waals surface area contributed by atoms with Gasteiger partial charge in [-0.2, -0.15) is 20.5 Å². The lowest BCUT2D eigenvalue weighted by Gasteiger charge is -2.12. The van der Waals surface area contributed by atoms with E-state index in [0.717, 1.165) is 11.1 Å². The minimum Gasteiger partial charge on any atom is -0.324 e. The first-order valence-corrected chi connectivity index (χ1v) is 20.6. The van der Waals surface area contributed by atoms with Gasteiger partial charge in [-0.1, -0.05) is 47.5 Å². The standard InChI is InChI=1S/C44H38Cl4N8O6/c1-25(57)39(55-53-37-23-29(7-17-35(37)47)41(59)49-31-9-3-27(4-10-31)19-21-45)43(61)51-33-13-15-34(16-14-33)52-44(62)40(26(2)58)56-54-38-24-30(8-18-36(38)48)42(60)50-32-11-5-28(6-12-32)20-22-46/h3-18,23-24,39-40H,19-22H2,1-2H3,(H,49,59)(H,50,60)(H,51,61)(H,52,62). The number of nitrogens with zero attached hydrogens (tertiary/aromatic N) is 4. The van der Waals surface area contributed by atoms with E-state index >= 15 is 0 Å². The lowest BCUT2D eigenvalue weighted by atomic mass is 10.1. The van der Waals surface area contributed by atoms with Crippen molar-refractivity contribution in [2.75, 3.05) is 33.0 Å². The van der Waals surface area contributed by atoms with E-state index in [1.807, 2.05) is 24.3 Å². The van der Waals surface area contributed by atoms with E-state index in [1.165, 1.54) is 74.5 Å². The largest absolute Gasteiger partial charge is 0.324 e. The summed E-state index contributed by atoms with van der Waals surface area (Å²) in [5, 5.41) is 26.9. The molecule has 318 valence electrons. The molecule has 0 bridgehead atoms. The summed E-state index contributed by atoms with van der Waals surface area (Å²) in [5.41, 5.74) is 4.18. The molecule has 62 heavy (non-hydrogen) atoms. The number of carbonyl (C=O) groups is 6. The molecule has 5 aromatic rings. The molecule has 0 saturated heterocycles. The van der Waals surface area contributed by atoms with E-state index in [9.17, 15) is 28.8 Å². The number of azo groups is 2. The van der Waals surface area contributed by atoms with E-state index in [0.29, 0.717) is 36.0 Å². The van der Waals surface area contributed by atoms with E-state index in [4.69, 9.17) is 46.4 Å². The summed E-state index contributed by atoms with van der Waals surface area (Å²) in [4.78, 5) is 77.2. The van der Waals surface area contributed by atoms with Crippen LogP contribution in [0.4, 0.5) is 34.1 Å². The van der Waals surface area contributed by atoms with Crippen molar-refractivity contribution in [1.82, 2.24) is 0 Å². The molecule has 5 rings (SSSR count). The maximum atomic E-state index is 13.2. The average molecular weight is 917 g/mol. The van der Waals surface area contributed by atoms with Crippen LogP contribution in [0.1, 0.15) is 45.7 Å². The summed E-state index contributed by atoms with van der Waals surface area (Å²) in [5.74, 6) is -2.80. The van der Waals surface area contributed by atoms with Gasteiger partial charge in [0, 0.05) is 45.6 Å². The number of nitrogens with one attached hydrogen (secondary N) is 4. The Bertz CT molecular complexity index is 2340. The fraction of sp³-hybridized carbons (Fsp3) is 0.182. The predicted octanol–water partition coefficient (Wildman–Crippen LogP) is 10.4. The Morgan fingerprint density at radius 3 is 1.13 bits per heavy atom. The second-order valence-electron chi connectivity index (χ2n) is 13.5. The van der Waals surface area contributed by atoms with Gasteiger partial charge in [0.05, 0.1) is 10.0 Å². The molecule has 2 unspecified atom stereocenters. The molecule has 0 radical (unpaired) electrons. The summed E-state index contributed by atoms with van der Waals surface area (Å²) >= 11 is 24.2. The number of Topliss-reactive ketones (excluding diaryl/α,β-unsaturated/α-hetero) is 2. The first-order chi connectivity index (χ1) is 29.7. The quantitative estimate of drug-likeness (QED) is 0.0383. The number of halogens is 4. The van der Waals surface area contributed by atoms with Crippen LogP contribution in [0, 0.1) is 0 Å². The molecule has 2 atom stereocenters. The van der Waals surface area contributed by atoms with Gasteiger partial charge < -0.3 is 21.3 Å². The minimum absolute atomic E-state index is 0.0553.